The quantitative estimate of drug-likeness (QED) is 0.130. The first-order chi connectivity index (χ1) is 24.3. The molecule has 0 amide bonds. The fourth-order valence-corrected chi connectivity index (χ4v) is 6.77. The van der Waals surface area contributed by atoms with Gasteiger partial charge in [-0.2, -0.15) is 74.0 Å². The molecular weight excluding hydrogens is 791 g/mol. The van der Waals surface area contributed by atoms with Crippen molar-refractivity contribution in [2.75, 3.05) is 26.3 Å². The van der Waals surface area contributed by atoms with Crippen LogP contribution in [0.25, 0.3) is 32.6 Å². The molecule has 6 aromatic carbocycles. The molecule has 0 unspecified atom stereocenters. The molecule has 0 atom stereocenters. The van der Waals surface area contributed by atoms with Crippen molar-refractivity contribution in [3.05, 3.63) is 183 Å². The van der Waals surface area contributed by atoms with Gasteiger partial charge in [0, 0.05) is 52.6 Å². The van der Waals surface area contributed by atoms with Crippen LogP contribution in [0.1, 0.15) is 0 Å². The van der Waals surface area contributed by atoms with Crippen molar-refractivity contribution >= 4 is 66.7 Å². The van der Waals surface area contributed by atoms with Gasteiger partial charge >= 0.3 is 19.8 Å². The van der Waals surface area contributed by atoms with Crippen LogP contribution in [-0.2, 0) is 19.8 Å². The predicted octanol–water partition coefficient (Wildman–Crippen LogP) is 10.0. The number of hydrogen-bond acceptors (Lipinski definition) is 6. The van der Waals surface area contributed by atoms with Gasteiger partial charge in [-0.25, -0.2) is 0 Å². The zero-order valence-electron chi connectivity index (χ0n) is 26.9. The summed E-state index contributed by atoms with van der Waals surface area (Å²) in [6, 6.07) is 56.4. The number of para-hydroxylation sites is 6. The summed E-state index contributed by atoms with van der Waals surface area (Å²) in [7, 11) is 0. The Bertz CT molecular complexity index is 2100. The van der Waals surface area contributed by atoms with Crippen molar-refractivity contribution in [3.63, 3.8) is 0 Å². The average molecular weight is 821 g/mol. The summed E-state index contributed by atoms with van der Waals surface area (Å²) in [5, 5.41) is 4.81. The molecule has 0 saturated carbocycles. The van der Waals surface area contributed by atoms with Gasteiger partial charge in [0.2, 0.25) is 0 Å². The molecule has 6 nitrogen and oxygen atoms in total. The Kier molecular flexibility index (Phi) is 8.58. The minimum atomic E-state index is 0. The van der Waals surface area contributed by atoms with Crippen molar-refractivity contribution < 1.29 is 19.8 Å². The Labute approximate surface area is 304 Å². The maximum absolute atomic E-state index is 4.50. The largest absolute Gasteiger partial charge is 4.00 e. The van der Waals surface area contributed by atoms with Crippen LogP contribution < -0.4 is 19.6 Å². The van der Waals surface area contributed by atoms with Crippen molar-refractivity contribution in [3.8, 4) is 0 Å². The first-order valence-electron chi connectivity index (χ1n) is 16.3. The fraction of sp³-hybridized carbons (Fsp3) is 0.0233. The standard InChI is InChI=1S/C27H20N4.C16H10N2.Os/c1-3-11-22(12-4-1)30-20-28(24-15-7-9-17-26(24)30)19-29-21-31(23-13-5-2-6-14-23)27-18-10-8-16-25(27)29;1-2-6-12-11(5-1)13-7-3-9-17-15(13)16-14(12)8-4-10-18-16;/h1-11,13,15-18,20-21H,19H2;1-10H;/q-4;;+4. The van der Waals surface area contributed by atoms with Crippen LogP contribution in [0.15, 0.2) is 158 Å². The fourth-order valence-electron chi connectivity index (χ4n) is 6.77. The minimum Gasteiger partial charge on any atom is -0.494 e. The molecule has 50 heavy (non-hydrogen) atoms. The number of fused-ring (bicyclic) bond motifs is 8. The number of benzene rings is 6. The van der Waals surface area contributed by atoms with E-state index in [4.69, 9.17) is 0 Å². The van der Waals surface area contributed by atoms with Gasteiger partial charge in [0.15, 0.2) is 0 Å². The van der Waals surface area contributed by atoms with Gasteiger partial charge in [-0.15, -0.1) is 11.4 Å². The van der Waals surface area contributed by atoms with Gasteiger partial charge in [0.25, 0.3) is 0 Å². The second-order valence-corrected chi connectivity index (χ2v) is 11.9. The molecule has 2 aliphatic rings. The topological polar surface area (TPSA) is 38.7 Å². The molecule has 0 fully saturated rings. The normalized spacial score (nSPS) is 13.2. The number of pyridine rings is 2. The molecular formula is C43H30N6Os. The molecule has 2 aromatic heterocycles. The number of aromatic nitrogens is 2. The van der Waals surface area contributed by atoms with E-state index in [1.54, 1.807) is 0 Å². The summed E-state index contributed by atoms with van der Waals surface area (Å²) in [6.45, 7) is 5.01. The molecule has 0 N–H and O–H groups in total. The van der Waals surface area contributed by atoms with Gasteiger partial charge in [0.1, 0.15) is 0 Å². The van der Waals surface area contributed by atoms with E-state index in [-0.39, 0.29) is 19.8 Å². The zero-order chi connectivity index (χ0) is 32.6. The SMILES string of the molecule is [Os+4].[c-]1ccccc1N1[CH-]N(CN2[CH-]N(c3[c-]cccc3)c3ccccc32)c2ccccc21.c1ccc2c(c1)c1cccnc1c1ncccc21. The Morgan fingerprint density at radius 2 is 0.840 bits per heavy atom. The Hall–Kier alpha value is -5.76. The molecule has 0 saturated heterocycles. The number of hydrogen-bond donors (Lipinski definition) is 0. The minimum absolute atomic E-state index is 0. The molecule has 10 rings (SSSR count). The van der Waals surface area contributed by atoms with E-state index in [9.17, 15) is 0 Å². The van der Waals surface area contributed by atoms with Crippen LogP contribution >= 0.6 is 0 Å². The zero-order valence-corrected chi connectivity index (χ0v) is 29.5. The van der Waals surface area contributed by atoms with E-state index in [0.29, 0.717) is 6.67 Å². The summed E-state index contributed by atoms with van der Waals surface area (Å²) in [5.41, 5.74) is 8.69. The number of nitrogens with zero attached hydrogens (tertiary/aromatic N) is 6. The summed E-state index contributed by atoms with van der Waals surface area (Å²) in [4.78, 5) is 17.9. The molecule has 0 bridgehead atoms. The average Bonchev–Trinajstić information content (AvgIpc) is 3.75. The summed E-state index contributed by atoms with van der Waals surface area (Å²) < 4.78 is 0. The monoisotopic (exact) mass is 822 g/mol. The third-order valence-corrected chi connectivity index (χ3v) is 8.97. The summed E-state index contributed by atoms with van der Waals surface area (Å²) >= 11 is 0. The Morgan fingerprint density at radius 3 is 1.28 bits per heavy atom. The second kappa shape index (κ2) is 13.6. The number of anilines is 6. The van der Waals surface area contributed by atoms with Crippen LogP contribution in [0, 0.1) is 25.5 Å². The molecule has 2 aliphatic heterocycles. The van der Waals surface area contributed by atoms with Crippen LogP contribution in [0.5, 0.6) is 0 Å². The van der Waals surface area contributed by atoms with Gasteiger partial charge < -0.3 is 19.6 Å². The maximum atomic E-state index is 4.50. The molecule has 4 heterocycles. The van der Waals surface area contributed by atoms with Crippen LogP contribution in [-0.4, -0.2) is 16.6 Å². The van der Waals surface area contributed by atoms with Gasteiger partial charge in [-0.3, -0.25) is 9.97 Å². The van der Waals surface area contributed by atoms with Crippen molar-refractivity contribution in [1.29, 1.82) is 0 Å². The predicted molar refractivity (Wildman–Crippen MR) is 201 cm³/mol. The molecule has 7 heteroatoms. The van der Waals surface area contributed by atoms with Crippen LogP contribution in [0.2, 0.25) is 0 Å². The molecule has 240 valence electrons. The van der Waals surface area contributed by atoms with Crippen molar-refractivity contribution in [1.82, 2.24) is 9.97 Å². The Morgan fingerprint density at radius 1 is 0.440 bits per heavy atom. The molecule has 0 spiro atoms. The first kappa shape index (κ1) is 31.5. The smallest absolute Gasteiger partial charge is 0.494 e. The van der Waals surface area contributed by atoms with E-state index in [0.717, 1.165) is 33.8 Å². The van der Waals surface area contributed by atoms with Crippen LogP contribution in [0.4, 0.5) is 34.1 Å². The van der Waals surface area contributed by atoms with Gasteiger partial charge in [-0.1, -0.05) is 60.7 Å². The summed E-state index contributed by atoms with van der Waals surface area (Å²) in [6.07, 6.45) is 3.65. The first-order valence-corrected chi connectivity index (χ1v) is 16.3. The third kappa shape index (κ3) is 5.60. The molecule has 0 radical (unpaired) electrons. The van der Waals surface area contributed by atoms with E-state index >= 15 is 0 Å². The molecule has 8 aromatic rings. The maximum Gasteiger partial charge on any atom is 4.00 e. The summed E-state index contributed by atoms with van der Waals surface area (Å²) in [5.74, 6) is 0. The van der Waals surface area contributed by atoms with Crippen LogP contribution in [0.3, 0.4) is 0 Å². The van der Waals surface area contributed by atoms with E-state index < -0.39 is 0 Å². The Balaban J connectivity index is 0.000000162. The van der Waals surface area contributed by atoms with E-state index in [2.05, 4.69) is 152 Å². The molecule has 0 aliphatic carbocycles. The van der Waals surface area contributed by atoms with Gasteiger partial charge in [-0.05, 0) is 47.2 Å². The van der Waals surface area contributed by atoms with Crippen molar-refractivity contribution in [2.24, 2.45) is 0 Å². The number of rotatable bonds is 4. The van der Waals surface area contributed by atoms with Gasteiger partial charge in [0.05, 0.1) is 11.0 Å². The van der Waals surface area contributed by atoms with Crippen molar-refractivity contribution in [2.45, 2.75) is 0 Å². The third-order valence-electron chi connectivity index (χ3n) is 8.97. The van der Waals surface area contributed by atoms with E-state index in [1.807, 2.05) is 60.9 Å². The second-order valence-electron chi connectivity index (χ2n) is 11.9. The van der Waals surface area contributed by atoms with E-state index in [1.165, 1.54) is 32.9 Å².